The van der Waals surface area contributed by atoms with Crippen LogP contribution in [0, 0.1) is 0 Å². The summed E-state index contributed by atoms with van der Waals surface area (Å²) < 4.78 is 5.33. The highest BCUT2D eigenvalue weighted by molar-refractivity contribution is 4.90. The molecular weight excluding hydrogens is 140 g/mol. The third kappa shape index (κ3) is 2.31. The zero-order valence-corrected chi connectivity index (χ0v) is 7.05. The fourth-order valence-corrected chi connectivity index (χ4v) is 1.60. The van der Waals surface area contributed by atoms with E-state index in [1.165, 1.54) is 0 Å². The van der Waals surface area contributed by atoms with Gasteiger partial charge < -0.3 is 9.84 Å². The van der Waals surface area contributed by atoms with Gasteiger partial charge in [-0.1, -0.05) is 6.08 Å². The molecule has 64 valence electrons. The summed E-state index contributed by atoms with van der Waals surface area (Å²) in [6.45, 7) is 6.29. The summed E-state index contributed by atoms with van der Waals surface area (Å²) in [4.78, 5) is 0. The smallest absolute Gasteiger partial charge is 0.0728 e. The van der Waals surface area contributed by atoms with Crippen molar-refractivity contribution in [1.82, 2.24) is 0 Å². The van der Waals surface area contributed by atoms with Gasteiger partial charge in [0.1, 0.15) is 0 Å². The Labute approximate surface area is 67.9 Å². The van der Waals surface area contributed by atoms with E-state index in [4.69, 9.17) is 4.74 Å². The van der Waals surface area contributed by atoms with Crippen LogP contribution in [-0.2, 0) is 4.74 Å². The molecule has 0 aromatic carbocycles. The first-order chi connectivity index (χ1) is 5.16. The minimum Gasteiger partial charge on any atom is -0.389 e. The van der Waals surface area contributed by atoms with Gasteiger partial charge in [0.15, 0.2) is 0 Å². The van der Waals surface area contributed by atoms with Crippen molar-refractivity contribution in [2.75, 3.05) is 6.61 Å². The van der Waals surface area contributed by atoms with Crippen molar-refractivity contribution in [2.24, 2.45) is 0 Å². The number of rotatable bonds is 2. The molecule has 0 bridgehead atoms. The summed E-state index contributed by atoms with van der Waals surface area (Å²) in [5.74, 6) is 0. The Morgan fingerprint density at radius 1 is 1.82 bits per heavy atom. The van der Waals surface area contributed by atoms with E-state index in [9.17, 15) is 5.11 Å². The van der Waals surface area contributed by atoms with Crippen LogP contribution in [0.5, 0.6) is 0 Å². The molecule has 1 heterocycles. The third-order valence-corrected chi connectivity index (χ3v) is 2.16. The van der Waals surface area contributed by atoms with Gasteiger partial charge in [-0.2, -0.15) is 0 Å². The van der Waals surface area contributed by atoms with E-state index in [1.807, 2.05) is 6.92 Å². The highest BCUT2D eigenvalue weighted by Crippen LogP contribution is 2.27. The lowest BCUT2D eigenvalue weighted by Gasteiger charge is -2.34. The van der Waals surface area contributed by atoms with Crippen LogP contribution in [0.4, 0.5) is 0 Å². The molecule has 0 saturated carbocycles. The molecule has 0 amide bonds. The Morgan fingerprint density at radius 3 is 3.09 bits per heavy atom. The number of ether oxygens (including phenoxy) is 1. The Kier molecular flexibility index (Phi) is 2.68. The first-order valence-corrected chi connectivity index (χ1v) is 4.11. The van der Waals surface area contributed by atoms with Crippen LogP contribution in [0.3, 0.4) is 0 Å². The summed E-state index contributed by atoms with van der Waals surface area (Å²) in [6.07, 6.45) is 4.12. The Balaban J connectivity index is 2.47. The molecule has 2 nitrogen and oxygen atoms in total. The lowest BCUT2D eigenvalue weighted by Crippen LogP contribution is -2.39. The monoisotopic (exact) mass is 156 g/mol. The highest BCUT2D eigenvalue weighted by atomic mass is 16.5. The van der Waals surface area contributed by atoms with E-state index in [0.717, 1.165) is 12.8 Å². The summed E-state index contributed by atoms with van der Waals surface area (Å²) in [5.41, 5.74) is -0.542. The van der Waals surface area contributed by atoms with Crippen LogP contribution < -0.4 is 0 Å². The van der Waals surface area contributed by atoms with Gasteiger partial charge in [-0.3, -0.25) is 0 Å². The summed E-state index contributed by atoms with van der Waals surface area (Å²) in [6, 6.07) is 0. The van der Waals surface area contributed by atoms with Crippen LogP contribution in [0.25, 0.3) is 0 Å². The molecule has 2 atom stereocenters. The summed E-state index contributed by atoms with van der Waals surface area (Å²) >= 11 is 0. The third-order valence-electron chi connectivity index (χ3n) is 2.16. The lowest BCUT2D eigenvalue weighted by atomic mass is 9.88. The fourth-order valence-electron chi connectivity index (χ4n) is 1.60. The molecule has 1 aliphatic rings. The maximum atomic E-state index is 9.89. The Bertz CT molecular complexity index is 144. The second-order valence-electron chi connectivity index (χ2n) is 3.35. The quantitative estimate of drug-likeness (QED) is 0.614. The molecule has 2 heteroatoms. The van der Waals surface area contributed by atoms with Gasteiger partial charge in [0, 0.05) is 13.0 Å². The van der Waals surface area contributed by atoms with Gasteiger partial charge >= 0.3 is 0 Å². The highest BCUT2D eigenvalue weighted by Gasteiger charge is 2.31. The first kappa shape index (κ1) is 8.75. The van der Waals surface area contributed by atoms with E-state index < -0.39 is 5.60 Å². The normalized spacial score (nSPS) is 38.5. The molecule has 0 aliphatic carbocycles. The van der Waals surface area contributed by atoms with Crippen molar-refractivity contribution < 1.29 is 9.84 Å². The van der Waals surface area contributed by atoms with Crippen LogP contribution >= 0.6 is 0 Å². The number of hydrogen-bond acceptors (Lipinski definition) is 2. The van der Waals surface area contributed by atoms with Gasteiger partial charge in [-0.15, -0.1) is 6.58 Å². The van der Waals surface area contributed by atoms with Crippen LogP contribution in [0.2, 0.25) is 0 Å². The van der Waals surface area contributed by atoms with Gasteiger partial charge in [0.05, 0.1) is 11.7 Å². The second kappa shape index (κ2) is 3.37. The molecular formula is C9H16O2. The molecule has 0 spiro atoms. The predicted octanol–water partition coefficient (Wildman–Crippen LogP) is 1.49. The van der Waals surface area contributed by atoms with E-state index in [1.54, 1.807) is 6.08 Å². The molecule has 1 rings (SSSR count). The van der Waals surface area contributed by atoms with Gasteiger partial charge in [0.25, 0.3) is 0 Å². The minimum absolute atomic E-state index is 0.189. The molecule has 1 saturated heterocycles. The molecule has 1 fully saturated rings. The van der Waals surface area contributed by atoms with E-state index in [0.29, 0.717) is 13.0 Å². The maximum absolute atomic E-state index is 9.89. The minimum atomic E-state index is -0.542. The molecule has 0 aromatic rings. The summed E-state index contributed by atoms with van der Waals surface area (Å²) in [7, 11) is 0. The van der Waals surface area contributed by atoms with Crippen molar-refractivity contribution in [1.29, 1.82) is 0 Å². The topological polar surface area (TPSA) is 29.5 Å². The number of aliphatic hydroxyl groups is 1. The van der Waals surface area contributed by atoms with Crippen molar-refractivity contribution in [3.63, 3.8) is 0 Å². The standard InChI is InChI=1S/C9H16O2/c1-3-4-9(10)5-6-11-8(2)7-9/h3,8,10H,1,4-7H2,2H3. The predicted molar refractivity (Wildman–Crippen MR) is 44.4 cm³/mol. The maximum Gasteiger partial charge on any atom is 0.0728 e. The van der Waals surface area contributed by atoms with Crippen molar-refractivity contribution in [2.45, 2.75) is 37.9 Å². The first-order valence-electron chi connectivity index (χ1n) is 4.11. The fraction of sp³-hybridized carbons (Fsp3) is 0.778. The lowest BCUT2D eigenvalue weighted by molar-refractivity contribution is -0.0947. The van der Waals surface area contributed by atoms with Crippen LogP contribution in [0.1, 0.15) is 26.2 Å². The molecule has 1 aliphatic heterocycles. The van der Waals surface area contributed by atoms with Gasteiger partial charge in [0.2, 0.25) is 0 Å². The van der Waals surface area contributed by atoms with E-state index in [-0.39, 0.29) is 6.10 Å². The number of hydrogen-bond donors (Lipinski definition) is 1. The average Bonchev–Trinajstić information content (AvgIpc) is 1.86. The summed E-state index contributed by atoms with van der Waals surface area (Å²) in [5, 5.41) is 9.89. The molecule has 0 radical (unpaired) electrons. The molecule has 1 N–H and O–H groups in total. The molecule has 11 heavy (non-hydrogen) atoms. The van der Waals surface area contributed by atoms with Crippen molar-refractivity contribution in [3.05, 3.63) is 12.7 Å². The van der Waals surface area contributed by atoms with E-state index >= 15 is 0 Å². The molecule has 0 aromatic heterocycles. The Hall–Kier alpha value is -0.340. The van der Waals surface area contributed by atoms with E-state index in [2.05, 4.69) is 6.58 Å². The largest absolute Gasteiger partial charge is 0.389 e. The zero-order valence-electron chi connectivity index (χ0n) is 7.05. The SMILES string of the molecule is C=CCC1(O)CCOC(C)C1. The average molecular weight is 156 g/mol. The van der Waals surface area contributed by atoms with Gasteiger partial charge in [-0.05, 0) is 19.8 Å². The van der Waals surface area contributed by atoms with Gasteiger partial charge in [-0.25, -0.2) is 0 Å². The van der Waals surface area contributed by atoms with Crippen molar-refractivity contribution in [3.8, 4) is 0 Å². The second-order valence-corrected chi connectivity index (χ2v) is 3.35. The van der Waals surface area contributed by atoms with Crippen LogP contribution in [0.15, 0.2) is 12.7 Å². The van der Waals surface area contributed by atoms with Crippen molar-refractivity contribution >= 4 is 0 Å². The zero-order chi connectivity index (χ0) is 8.32. The molecule has 2 unspecified atom stereocenters. The van der Waals surface area contributed by atoms with Crippen LogP contribution in [-0.4, -0.2) is 23.4 Å². The Morgan fingerprint density at radius 2 is 2.55 bits per heavy atom.